The van der Waals surface area contributed by atoms with E-state index in [1.54, 1.807) is 12.1 Å². The van der Waals surface area contributed by atoms with Crippen molar-refractivity contribution in [1.29, 1.82) is 0 Å². The Bertz CT molecular complexity index is 433. The van der Waals surface area contributed by atoms with Crippen LogP contribution in [0.15, 0.2) is 12.1 Å². The summed E-state index contributed by atoms with van der Waals surface area (Å²) in [6.45, 7) is 9.16. The summed E-state index contributed by atoms with van der Waals surface area (Å²) in [7, 11) is 0. The molecule has 5 heteroatoms. The number of hydrogen-bond acceptors (Lipinski definition) is 3. The number of carboxylic acid groups (broad SMARTS) is 1. The second-order valence-corrected chi connectivity index (χ2v) is 5.35. The molecule has 1 aromatic rings. The number of halogens is 1. The van der Waals surface area contributed by atoms with E-state index in [0.717, 1.165) is 6.54 Å². The van der Waals surface area contributed by atoms with Crippen LogP contribution < -0.4 is 4.90 Å². The van der Waals surface area contributed by atoms with Gasteiger partial charge in [0.1, 0.15) is 5.82 Å². The number of aromatic nitrogens is 1. The molecule has 18 heavy (non-hydrogen) atoms. The van der Waals surface area contributed by atoms with Crippen molar-refractivity contribution in [3.8, 4) is 0 Å². The summed E-state index contributed by atoms with van der Waals surface area (Å²) >= 11 is 5.82. The summed E-state index contributed by atoms with van der Waals surface area (Å²) in [5.41, 5.74) is -0.0939. The van der Waals surface area contributed by atoms with Gasteiger partial charge in [0, 0.05) is 12.6 Å². The van der Waals surface area contributed by atoms with Crippen LogP contribution in [0.2, 0.25) is 5.02 Å². The highest BCUT2D eigenvalue weighted by molar-refractivity contribution is 6.33. The van der Waals surface area contributed by atoms with Crippen molar-refractivity contribution in [2.24, 2.45) is 5.92 Å². The molecule has 0 fully saturated rings. The van der Waals surface area contributed by atoms with Crippen LogP contribution in [0.5, 0.6) is 0 Å². The van der Waals surface area contributed by atoms with E-state index in [1.165, 1.54) is 0 Å². The summed E-state index contributed by atoms with van der Waals surface area (Å²) in [6.07, 6.45) is 0. The molecule has 0 radical (unpaired) electrons. The Morgan fingerprint density at radius 1 is 1.39 bits per heavy atom. The van der Waals surface area contributed by atoms with E-state index in [9.17, 15) is 4.79 Å². The third-order valence-electron chi connectivity index (χ3n) is 2.51. The molecule has 0 amide bonds. The fraction of sp³-hybridized carbons (Fsp3) is 0.538. The lowest BCUT2D eigenvalue weighted by Gasteiger charge is -2.29. The standard InChI is InChI=1S/C13H19ClN2O2/c1-8(2)7-16(9(3)4)11-6-5-10(14)12(15-11)13(17)18/h5-6,8-9H,7H2,1-4H3,(H,17,18). The second kappa shape index (κ2) is 6.05. The Hall–Kier alpha value is -1.29. The van der Waals surface area contributed by atoms with E-state index in [1.807, 2.05) is 0 Å². The van der Waals surface area contributed by atoms with E-state index in [0.29, 0.717) is 11.7 Å². The van der Waals surface area contributed by atoms with Gasteiger partial charge in [0.15, 0.2) is 5.69 Å². The molecular weight excluding hydrogens is 252 g/mol. The summed E-state index contributed by atoms with van der Waals surface area (Å²) in [5, 5.41) is 9.19. The maximum Gasteiger partial charge on any atom is 0.356 e. The fourth-order valence-corrected chi connectivity index (χ4v) is 1.89. The summed E-state index contributed by atoms with van der Waals surface area (Å²) < 4.78 is 0. The van der Waals surface area contributed by atoms with Gasteiger partial charge in [0.05, 0.1) is 5.02 Å². The van der Waals surface area contributed by atoms with E-state index < -0.39 is 5.97 Å². The molecule has 0 aliphatic rings. The van der Waals surface area contributed by atoms with Crippen molar-refractivity contribution < 1.29 is 9.90 Å². The summed E-state index contributed by atoms with van der Waals surface area (Å²) in [4.78, 5) is 17.2. The third-order valence-corrected chi connectivity index (χ3v) is 2.82. The van der Waals surface area contributed by atoms with Crippen LogP contribution in [0, 0.1) is 5.92 Å². The molecule has 0 spiro atoms. The zero-order valence-electron chi connectivity index (χ0n) is 11.1. The van der Waals surface area contributed by atoms with Crippen molar-refractivity contribution in [2.75, 3.05) is 11.4 Å². The number of pyridine rings is 1. The lowest BCUT2D eigenvalue weighted by atomic mass is 10.1. The summed E-state index contributed by atoms with van der Waals surface area (Å²) in [6, 6.07) is 3.60. The van der Waals surface area contributed by atoms with Gasteiger partial charge in [-0.05, 0) is 31.9 Å². The Morgan fingerprint density at radius 3 is 2.44 bits per heavy atom. The lowest BCUT2D eigenvalue weighted by molar-refractivity contribution is 0.0691. The Labute approximate surface area is 113 Å². The van der Waals surface area contributed by atoms with Crippen molar-refractivity contribution >= 4 is 23.4 Å². The molecular formula is C13H19ClN2O2. The van der Waals surface area contributed by atoms with Gasteiger partial charge in [-0.2, -0.15) is 0 Å². The van der Waals surface area contributed by atoms with Crippen LogP contribution >= 0.6 is 11.6 Å². The Morgan fingerprint density at radius 2 is 2.00 bits per heavy atom. The molecule has 0 saturated carbocycles. The number of aromatic carboxylic acids is 1. The second-order valence-electron chi connectivity index (χ2n) is 4.94. The van der Waals surface area contributed by atoms with E-state index >= 15 is 0 Å². The molecule has 0 unspecified atom stereocenters. The first-order valence-corrected chi connectivity index (χ1v) is 6.37. The van der Waals surface area contributed by atoms with Crippen molar-refractivity contribution in [1.82, 2.24) is 4.98 Å². The Balaban J connectivity index is 3.13. The van der Waals surface area contributed by atoms with Crippen LogP contribution in [0.25, 0.3) is 0 Å². The normalized spacial score (nSPS) is 11.1. The number of nitrogens with zero attached hydrogens (tertiary/aromatic N) is 2. The zero-order chi connectivity index (χ0) is 13.9. The molecule has 1 heterocycles. The van der Waals surface area contributed by atoms with Gasteiger partial charge in [-0.15, -0.1) is 0 Å². The van der Waals surface area contributed by atoms with Gasteiger partial charge in [0.25, 0.3) is 0 Å². The van der Waals surface area contributed by atoms with Gasteiger partial charge >= 0.3 is 5.97 Å². The number of hydrogen-bond donors (Lipinski definition) is 1. The number of rotatable bonds is 5. The molecule has 0 aliphatic carbocycles. The molecule has 1 rings (SSSR count). The van der Waals surface area contributed by atoms with Crippen molar-refractivity contribution in [3.63, 3.8) is 0 Å². The predicted molar refractivity (Wildman–Crippen MR) is 73.5 cm³/mol. The predicted octanol–water partition coefficient (Wildman–Crippen LogP) is 3.30. The highest BCUT2D eigenvalue weighted by atomic mass is 35.5. The number of carbonyl (C=O) groups is 1. The van der Waals surface area contributed by atoms with Crippen molar-refractivity contribution in [2.45, 2.75) is 33.7 Å². The monoisotopic (exact) mass is 270 g/mol. The van der Waals surface area contributed by atoms with Crippen LogP contribution in [0.4, 0.5) is 5.82 Å². The first-order valence-electron chi connectivity index (χ1n) is 5.99. The largest absolute Gasteiger partial charge is 0.476 e. The lowest BCUT2D eigenvalue weighted by Crippen LogP contribution is -2.35. The first-order chi connectivity index (χ1) is 8.32. The topological polar surface area (TPSA) is 53.4 Å². The van der Waals surface area contributed by atoms with E-state index in [2.05, 4.69) is 37.6 Å². The van der Waals surface area contributed by atoms with Crippen LogP contribution in [-0.2, 0) is 0 Å². The van der Waals surface area contributed by atoms with Crippen molar-refractivity contribution in [3.05, 3.63) is 22.8 Å². The van der Waals surface area contributed by atoms with Gasteiger partial charge in [-0.25, -0.2) is 9.78 Å². The molecule has 0 saturated heterocycles. The SMILES string of the molecule is CC(C)CN(c1ccc(Cl)c(C(=O)O)n1)C(C)C. The molecule has 0 aromatic carbocycles. The van der Waals surface area contributed by atoms with E-state index in [-0.39, 0.29) is 16.8 Å². The van der Waals surface area contributed by atoms with Crippen LogP contribution in [0.1, 0.15) is 38.2 Å². The first kappa shape index (κ1) is 14.8. The molecule has 0 bridgehead atoms. The number of carboxylic acids is 1. The smallest absolute Gasteiger partial charge is 0.356 e. The average Bonchev–Trinajstić information content (AvgIpc) is 2.26. The summed E-state index contributed by atoms with van der Waals surface area (Å²) in [5.74, 6) is 0.0220. The zero-order valence-corrected chi connectivity index (χ0v) is 11.9. The van der Waals surface area contributed by atoms with Crippen LogP contribution in [-0.4, -0.2) is 28.6 Å². The molecule has 0 aliphatic heterocycles. The van der Waals surface area contributed by atoms with Gasteiger partial charge in [0.2, 0.25) is 0 Å². The van der Waals surface area contributed by atoms with Gasteiger partial charge < -0.3 is 10.0 Å². The quantitative estimate of drug-likeness (QED) is 0.892. The highest BCUT2D eigenvalue weighted by Crippen LogP contribution is 2.21. The third kappa shape index (κ3) is 3.60. The Kier molecular flexibility index (Phi) is 4.96. The van der Waals surface area contributed by atoms with Gasteiger partial charge in [-0.1, -0.05) is 25.4 Å². The van der Waals surface area contributed by atoms with E-state index in [4.69, 9.17) is 16.7 Å². The average molecular weight is 271 g/mol. The molecule has 0 atom stereocenters. The minimum atomic E-state index is -1.10. The highest BCUT2D eigenvalue weighted by Gasteiger charge is 2.17. The molecule has 100 valence electrons. The number of anilines is 1. The molecule has 1 aromatic heterocycles. The maximum atomic E-state index is 11.0. The minimum absolute atomic E-state index is 0.0939. The maximum absolute atomic E-state index is 11.0. The fourth-order valence-electron chi connectivity index (χ4n) is 1.70. The molecule has 4 nitrogen and oxygen atoms in total. The minimum Gasteiger partial charge on any atom is -0.476 e. The van der Waals surface area contributed by atoms with Crippen LogP contribution in [0.3, 0.4) is 0 Å². The van der Waals surface area contributed by atoms with Gasteiger partial charge in [-0.3, -0.25) is 0 Å². The molecule has 1 N–H and O–H groups in total.